The lowest BCUT2D eigenvalue weighted by molar-refractivity contribution is -0.123. The van der Waals surface area contributed by atoms with Gasteiger partial charge in [0.1, 0.15) is 5.75 Å². The number of nitrogens with zero attached hydrogens (tertiary/aromatic N) is 1. The van der Waals surface area contributed by atoms with E-state index in [1.807, 2.05) is 13.8 Å². The molecule has 2 aromatic carbocycles. The zero-order chi connectivity index (χ0) is 24.7. The van der Waals surface area contributed by atoms with Crippen LogP contribution in [-0.2, 0) is 19.1 Å². The fourth-order valence-electron chi connectivity index (χ4n) is 5.53. The Morgan fingerprint density at radius 3 is 2.49 bits per heavy atom. The topological polar surface area (TPSA) is 102 Å². The van der Waals surface area contributed by atoms with Crippen LogP contribution < -0.4 is 15.0 Å². The highest BCUT2D eigenvalue weighted by Gasteiger charge is 2.60. The van der Waals surface area contributed by atoms with Crippen LogP contribution in [-0.4, -0.2) is 36.9 Å². The van der Waals surface area contributed by atoms with E-state index in [9.17, 15) is 19.2 Å². The molecule has 1 aliphatic heterocycles. The summed E-state index contributed by atoms with van der Waals surface area (Å²) in [6.45, 7) is 3.85. The molecule has 5 rings (SSSR count). The molecule has 1 N–H and O–H groups in total. The third-order valence-corrected chi connectivity index (χ3v) is 7.04. The molecular weight excluding hydrogens is 448 g/mol. The minimum Gasteiger partial charge on any atom is -0.492 e. The first-order chi connectivity index (χ1) is 16.9. The van der Waals surface area contributed by atoms with Crippen molar-refractivity contribution >= 4 is 35.1 Å². The van der Waals surface area contributed by atoms with E-state index in [4.69, 9.17) is 9.47 Å². The van der Waals surface area contributed by atoms with E-state index in [0.29, 0.717) is 23.7 Å². The van der Waals surface area contributed by atoms with Crippen molar-refractivity contribution < 1.29 is 28.7 Å². The molecule has 180 valence electrons. The van der Waals surface area contributed by atoms with Crippen molar-refractivity contribution in [3.8, 4) is 5.75 Å². The number of carbonyl (C=O) groups is 4. The standard InChI is InChI=1S/C27H26N2O6/c1-3-34-21-7-5-4-6-20(21)28-22(30)14-35-27(33)16-8-10-18(11-9-16)29-25(31)23-17-12-15(2)19(13-17)24(23)26(29)32/h4-12,17,19,23-24H,3,13-14H2,1-2H3,(H,28,30)/t17-,19+,23-,24-/m0/s1. The Kier molecular flexibility index (Phi) is 5.88. The molecule has 0 unspecified atom stereocenters. The Bertz CT molecular complexity index is 1230. The number of hydrogen-bond acceptors (Lipinski definition) is 6. The number of rotatable bonds is 7. The van der Waals surface area contributed by atoms with Crippen LogP contribution >= 0.6 is 0 Å². The number of esters is 1. The Morgan fingerprint density at radius 1 is 1.03 bits per heavy atom. The van der Waals surface area contributed by atoms with Crippen LogP contribution in [0.25, 0.3) is 0 Å². The van der Waals surface area contributed by atoms with E-state index < -0.39 is 18.5 Å². The third-order valence-electron chi connectivity index (χ3n) is 7.04. The van der Waals surface area contributed by atoms with Crippen LogP contribution in [0.3, 0.4) is 0 Å². The first-order valence-electron chi connectivity index (χ1n) is 11.7. The van der Waals surface area contributed by atoms with E-state index in [0.717, 1.165) is 6.42 Å². The van der Waals surface area contributed by atoms with E-state index in [-0.39, 0.29) is 41.0 Å². The second kappa shape index (κ2) is 9.02. The monoisotopic (exact) mass is 474 g/mol. The highest BCUT2D eigenvalue weighted by Crippen LogP contribution is 2.55. The zero-order valence-electron chi connectivity index (χ0n) is 19.5. The lowest BCUT2D eigenvalue weighted by Crippen LogP contribution is -2.33. The Labute approximate surface area is 202 Å². The number of anilines is 2. The number of fused-ring (bicyclic) bond motifs is 5. The molecule has 2 bridgehead atoms. The second-order valence-corrected chi connectivity index (χ2v) is 9.08. The maximum atomic E-state index is 13.1. The molecule has 8 heteroatoms. The predicted molar refractivity (Wildman–Crippen MR) is 128 cm³/mol. The fraction of sp³-hybridized carbons (Fsp3) is 0.333. The summed E-state index contributed by atoms with van der Waals surface area (Å²) < 4.78 is 10.6. The summed E-state index contributed by atoms with van der Waals surface area (Å²) in [4.78, 5) is 52.1. The molecular formula is C27H26N2O6. The van der Waals surface area contributed by atoms with Gasteiger partial charge in [-0.1, -0.05) is 23.8 Å². The molecule has 1 heterocycles. The van der Waals surface area contributed by atoms with Crippen LogP contribution in [0.15, 0.2) is 60.2 Å². The molecule has 3 amide bonds. The molecule has 35 heavy (non-hydrogen) atoms. The first-order valence-corrected chi connectivity index (χ1v) is 11.7. The van der Waals surface area contributed by atoms with E-state index in [1.165, 1.54) is 22.6 Å². The average molecular weight is 475 g/mol. The van der Waals surface area contributed by atoms with E-state index >= 15 is 0 Å². The normalized spacial score (nSPS) is 24.3. The molecule has 0 radical (unpaired) electrons. The molecule has 1 saturated heterocycles. The van der Waals surface area contributed by atoms with Gasteiger partial charge in [-0.15, -0.1) is 0 Å². The van der Waals surface area contributed by atoms with Crippen LogP contribution in [0, 0.1) is 23.7 Å². The fourth-order valence-corrected chi connectivity index (χ4v) is 5.53. The number of amides is 3. The largest absolute Gasteiger partial charge is 0.492 e. The minimum atomic E-state index is -0.682. The maximum absolute atomic E-state index is 13.1. The quantitative estimate of drug-likeness (QED) is 0.374. The lowest BCUT2D eigenvalue weighted by Gasteiger charge is -2.19. The second-order valence-electron chi connectivity index (χ2n) is 9.08. The highest BCUT2D eigenvalue weighted by molar-refractivity contribution is 6.23. The number of nitrogens with one attached hydrogen (secondary N) is 1. The van der Waals surface area contributed by atoms with Crippen LogP contribution in [0.1, 0.15) is 30.6 Å². The third kappa shape index (κ3) is 3.99. The van der Waals surface area contributed by atoms with Crippen LogP contribution in [0.2, 0.25) is 0 Å². The SMILES string of the molecule is CCOc1ccccc1NC(=O)COC(=O)c1ccc(N2C(=O)[C@@H]3[C@@H](C2=O)[C@H]2C=C(C)[C@H]3C2)cc1. The van der Waals surface area contributed by atoms with Gasteiger partial charge in [-0.05, 0) is 68.5 Å². The molecule has 3 aliphatic rings. The summed E-state index contributed by atoms with van der Waals surface area (Å²) in [5, 5.41) is 2.67. The van der Waals surface area contributed by atoms with Gasteiger partial charge in [-0.2, -0.15) is 0 Å². The Morgan fingerprint density at radius 2 is 1.74 bits per heavy atom. The lowest BCUT2D eigenvalue weighted by atomic mass is 9.82. The molecule has 2 aromatic rings. The molecule has 4 atom stereocenters. The van der Waals surface area contributed by atoms with Gasteiger partial charge in [0, 0.05) is 0 Å². The maximum Gasteiger partial charge on any atom is 0.338 e. The number of para-hydroxylation sites is 2. The first kappa shape index (κ1) is 22.8. The summed E-state index contributed by atoms with van der Waals surface area (Å²) in [6.07, 6.45) is 3.01. The number of ether oxygens (including phenoxy) is 2. The molecule has 8 nitrogen and oxygen atoms in total. The average Bonchev–Trinajstić information content (AvgIpc) is 3.49. The molecule has 2 fully saturated rings. The van der Waals surface area contributed by atoms with Gasteiger partial charge in [0.2, 0.25) is 11.8 Å². The van der Waals surface area contributed by atoms with Crippen LogP contribution in [0.5, 0.6) is 5.75 Å². The predicted octanol–water partition coefficient (Wildman–Crippen LogP) is 3.58. The van der Waals surface area contributed by atoms with Crippen molar-refractivity contribution in [1.29, 1.82) is 0 Å². The number of allylic oxidation sites excluding steroid dienone is 2. The van der Waals surface area contributed by atoms with Gasteiger partial charge in [0.05, 0.1) is 35.4 Å². The summed E-state index contributed by atoms with van der Waals surface area (Å²) in [6, 6.07) is 13.1. The highest BCUT2D eigenvalue weighted by atomic mass is 16.5. The van der Waals surface area contributed by atoms with E-state index in [2.05, 4.69) is 11.4 Å². The van der Waals surface area contributed by atoms with Crippen molar-refractivity contribution in [3.05, 3.63) is 65.7 Å². The summed E-state index contributed by atoms with van der Waals surface area (Å²) in [7, 11) is 0. The minimum absolute atomic E-state index is 0.132. The van der Waals surface area contributed by atoms with Crippen molar-refractivity contribution in [2.75, 3.05) is 23.4 Å². The number of carbonyl (C=O) groups excluding carboxylic acids is 4. The van der Waals surface area contributed by atoms with Gasteiger partial charge in [-0.25, -0.2) is 4.79 Å². The van der Waals surface area contributed by atoms with Crippen molar-refractivity contribution in [3.63, 3.8) is 0 Å². The van der Waals surface area contributed by atoms with Gasteiger partial charge in [0.25, 0.3) is 5.91 Å². The van der Waals surface area contributed by atoms with Crippen molar-refractivity contribution in [2.24, 2.45) is 23.7 Å². The van der Waals surface area contributed by atoms with Crippen molar-refractivity contribution in [2.45, 2.75) is 20.3 Å². The number of hydrogen-bond donors (Lipinski definition) is 1. The van der Waals surface area contributed by atoms with Gasteiger partial charge < -0.3 is 14.8 Å². The number of benzene rings is 2. The summed E-state index contributed by atoms with van der Waals surface area (Å²) in [5.74, 6) is -1.28. The van der Waals surface area contributed by atoms with Gasteiger partial charge >= 0.3 is 5.97 Å². The summed E-state index contributed by atoms with van der Waals surface area (Å²) >= 11 is 0. The Hall–Kier alpha value is -3.94. The Balaban J connectivity index is 1.20. The molecule has 0 spiro atoms. The smallest absolute Gasteiger partial charge is 0.338 e. The van der Waals surface area contributed by atoms with Crippen LogP contribution in [0.4, 0.5) is 11.4 Å². The van der Waals surface area contributed by atoms with Gasteiger partial charge in [0.15, 0.2) is 6.61 Å². The molecule has 2 aliphatic carbocycles. The zero-order valence-corrected chi connectivity index (χ0v) is 19.5. The van der Waals surface area contributed by atoms with E-state index in [1.54, 1.807) is 36.4 Å². The number of imide groups is 1. The molecule has 0 aromatic heterocycles. The summed E-state index contributed by atoms with van der Waals surface area (Å²) in [5.41, 5.74) is 2.34. The van der Waals surface area contributed by atoms with Crippen molar-refractivity contribution in [1.82, 2.24) is 0 Å². The van der Waals surface area contributed by atoms with Gasteiger partial charge in [-0.3, -0.25) is 19.3 Å². The molecule has 1 saturated carbocycles.